The lowest BCUT2D eigenvalue weighted by molar-refractivity contribution is 0.770. The third kappa shape index (κ3) is 2.71. The summed E-state index contributed by atoms with van der Waals surface area (Å²) in [6, 6.07) is 0. The van der Waals surface area contributed by atoms with Gasteiger partial charge in [0.2, 0.25) is 0 Å². The van der Waals surface area contributed by atoms with Crippen LogP contribution in [0.25, 0.3) is 11.2 Å². The summed E-state index contributed by atoms with van der Waals surface area (Å²) in [5.41, 5.74) is 4.01. The van der Waals surface area contributed by atoms with E-state index in [1.165, 1.54) is 3.57 Å². The van der Waals surface area contributed by atoms with Crippen LogP contribution in [0, 0.1) is 3.57 Å². The average molecular weight is 480 g/mol. The molecule has 21 heavy (non-hydrogen) atoms. The Kier molecular flexibility index (Phi) is 5.20. The molecule has 0 fully saturated rings. The molecule has 0 saturated carbocycles. The van der Waals surface area contributed by atoms with Crippen molar-refractivity contribution in [3.05, 3.63) is 20.6 Å². The molecule has 0 aromatic carbocycles. The maximum atomic E-state index is 4.70. The van der Waals surface area contributed by atoms with Crippen molar-refractivity contribution in [1.29, 1.82) is 0 Å². The molecule has 0 saturated heterocycles. The summed E-state index contributed by atoms with van der Waals surface area (Å²) in [6.07, 6.45) is 4.10. The predicted octanol–water partition coefficient (Wildman–Crippen LogP) is 5.82. The van der Waals surface area contributed by atoms with Crippen LogP contribution < -0.4 is 0 Å². The van der Waals surface area contributed by atoms with Gasteiger partial charge in [-0.15, -0.1) is 0 Å². The minimum atomic E-state index is -1.77. The first-order valence-electron chi connectivity index (χ1n) is 7.42. The summed E-state index contributed by atoms with van der Waals surface area (Å²) in [6.45, 7) is 14.2. The van der Waals surface area contributed by atoms with Crippen molar-refractivity contribution in [2.75, 3.05) is 0 Å². The van der Waals surface area contributed by atoms with E-state index in [0.29, 0.717) is 16.6 Å². The van der Waals surface area contributed by atoms with Crippen molar-refractivity contribution < 1.29 is 0 Å². The molecule has 0 aliphatic carbocycles. The number of aromatic nitrogens is 3. The van der Waals surface area contributed by atoms with Crippen LogP contribution in [0.5, 0.6) is 0 Å². The van der Waals surface area contributed by atoms with Crippen LogP contribution >= 0.6 is 38.5 Å². The molecule has 2 rings (SSSR count). The summed E-state index contributed by atoms with van der Waals surface area (Å²) < 4.78 is 4.51. The fourth-order valence-corrected chi connectivity index (χ4v) is 11.8. The molecule has 2 heterocycles. The minimum absolute atomic E-state index is 0.648. The molecule has 0 spiro atoms. The van der Waals surface area contributed by atoms with E-state index < -0.39 is 8.24 Å². The summed E-state index contributed by atoms with van der Waals surface area (Å²) in [7, 11) is -1.77. The molecule has 2 aromatic rings. The summed E-state index contributed by atoms with van der Waals surface area (Å²) in [4.78, 5) is 9.33. The largest absolute Gasteiger partial charge is 0.356 e. The second kappa shape index (κ2) is 6.27. The Morgan fingerprint density at radius 1 is 1.10 bits per heavy atom. The normalized spacial score (nSPS) is 13.1. The molecule has 0 aliphatic rings. The van der Waals surface area contributed by atoms with Gasteiger partial charge in [-0.1, -0.05) is 41.5 Å². The van der Waals surface area contributed by atoms with Crippen molar-refractivity contribution in [2.45, 2.75) is 58.2 Å². The van der Waals surface area contributed by atoms with Gasteiger partial charge in [-0.25, -0.2) is 9.97 Å². The van der Waals surface area contributed by atoms with E-state index in [9.17, 15) is 0 Å². The third-order valence-corrected chi connectivity index (χ3v) is 12.5. The lowest BCUT2D eigenvalue weighted by Crippen LogP contribution is -2.51. The zero-order chi connectivity index (χ0) is 15.9. The number of nitrogens with zero attached hydrogens (tertiary/aromatic N) is 3. The average Bonchev–Trinajstić information content (AvgIpc) is 2.66. The maximum absolute atomic E-state index is 4.70. The second-order valence-electron chi connectivity index (χ2n) is 6.56. The molecule has 0 aliphatic heterocycles. The Hall–Kier alpha value is 0.0469. The van der Waals surface area contributed by atoms with E-state index in [2.05, 4.69) is 95.5 Å². The van der Waals surface area contributed by atoms with Gasteiger partial charge < -0.3 is 4.23 Å². The van der Waals surface area contributed by atoms with Crippen LogP contribution in [0.3, 0.4) is 0 Å². The van der Waals surface area contributed by atoms with Crippen molar-refractivity contribution >= 4 is 57.9 Å². The van der Waals surface area contributed by atoms with Crippen LogP contribution in [0.1, 0.15) is 41.5 Å². The van der Waals surface area contributed by atoms with Gasteiger partial charge in [-0.2, -0.15) is 0 Å². The predicted molar refractivity (Wildman–Crippen MR) is 104 cm³/mol. The van der Waals surface area contributed by atoms with Gasteiger partial charge in [0.05, 0.1) is 9.77 Å². The fourth-order valence-electron chi connectivity index (χ4n) is 4.06. The number of hydrogen-bond donors (Lipinski definition) is 0. The van der Waals surface area contributed by atoms with Gasteiger partial charge in [0, 0.05) is 6.20 Å². The molecular formula is C15H23BrIN3Si. The minimum Gasteiger partial charge on any atom is -0.356 e. The first-order valence-corrected chi connectivity index (χ1v) is 11.5. The lowest BCUT2D eigenvalue weighted by Gasteiger charge is -2.44. The molecule has 2 aromatic heterocycles. The van der Waals surface area contributed by atoms with E-state index in [0.717, 1.165) is 15.8 Å². The zero-order valence-corrected chi connectivity index (χ0v) is 18.2. The Morgan fingerprint density at radius 2 is 1.62 bits per heavy atom. The third-order valence-electron chi connectivity index (χ3n) is 4.61. The highest BCUT2D eigenvalue weighted by Crippen LogP contribution is 2.44. The number of hydrogen-bond acceptors (Lipinski definition) is 2. The van der Waals surface area contributed by atoms with Crippen molar-refractivity contribution in [3.63, 3.8) is 0 Å². The Labute approximate surface area is 150 Å². The molecule has 3 nitrogen and oxygen atoms in total. The van der Waals surface area contributed by atoms with Crippen molar-refractivity contribution in [1.82, 2.24) is 14.2 Å². The van der Waals surface area contributed by atoms with E-state index in [4.69, 9.17) is 4.98 Å². The van der Waals surface area contributed by atoms with Crippen LogP contribution in [-0.4, -0.2) is 22.4 Å². The van der Waals surface area contributed by atoms with Crippen molar-refractivity contribution in [2.24, 2.45) is 0 Å². The van der Waals surface area contributed by atoms with Gasteiger partial charge in [0.1, 0.15) is 10.1 Å². The van der Waals surface area contributed by atoms with E-state index in [1.807, 2.05) is 6.20 Å². The van der Waals surface area contributed by atoms with E-state index >= 15 is 0 Å². The van der Waals surface area contributed by atoms with Gasteiger partial charge in [0.15, 0.2) is 13.9 Å². The smallest absolute Gasteiger partial charge is 0.171 e. The molecule has 0 amide bonds. The Balaban J connectivity index is 2.83. The number of rotatable bonds is 4. The summed E-state index contributed by atoms with van der Waals surface area (Å²) in [5, 5.41) is 0. The molecule has 0 bridgehead atoms. The molecule has 0 unspecified atom stereocenters. The van der Waals surface area contributed by atoms with Gasteiger partial charge in [-0.05, 0) is 55.1 Å². The zero-order valence-electron chi connectivity index (χ0n) is 13.5. The standard InChI is InChI=1S/C15H23BrIN3Si/c1-9(2)21(10(3)4,11(5)6)20-8-12(17)14-15(20)18-7-13(16)19-14/h7-11H,1-6H3. The van der Waals surface area contributed by atoms with Gasteiger partial charge in [-0.3, -0.25) is 0 Å². The van der Waals surface area contributed by atoms with Gasteiger partial charge in [0.25, 0.3) is 0 Å². The number of halogens is 2. The quantitative estimate of drug-likeness (QED) is 0.408. The number of fused-ring (bicyclic) bond motifs is 1. The van der Waals surface area contributed by atoms with E-state index in [-0.39, 0.29) is 0 Å². The van der Waals surface area contributed by atoms with Crippen LogP contribution in [-0.2, 0) is 0 Å². The SMILES string of the molecule is CC(C)[Si](C(C)C)(C(C)C)n1cc(I)c2nc(Br)cnc21. The molecule has 0 atom stereocenters. The molecule has 6 heteroatoms. The van der Waals surface area contributed by atoms with Crippen LogP contribution in [0.4, 0.5) is 0 Å². The van der Waals surface area contributed by atoms with Crippen LogP contribution in [0.15, 0.2) is 17.0 Å². The fraction of sp³-hybridized carbons (Fsp3) is 0.600. The lowest BCUT2D eigenvalue weighted by atomic mass is 10.5. The molecule has 0 radical (unpaired) electrons. The summed E-state index contributed by atoms with van der Waals surface area (Å²) >= 11 is 5.82. The topological polar surface area (TPSA) is 30.7 Å². The Morgan fingerprint density at radius 3 is 2.10 bits per heavy atom. The van der Waals surface area contributed by atoms with Gasteiger partial charge >= 0.3 is 0 Å². The first kappa shape index (κ1) is 17.4. The van der Waals surface area contributed by atoms with E-state index in [1.54, 1.807) is 0 Å². The highest BCUT2D eigenvalue weighted by molar-refractivity contribution is 14.1. The van der Waals surface area contributed by atoms with Crippen LogP contribution in [0.2, 0.25) is 16.6 Å². The molecule has 116 valence electrons. The maximum Gasteiger partial charge on any atom is 0.171 e. The highest BCUT2D eigenvalue weighted by atomic mass is 127. The molecule has 0 N–H and O–H groups in total. The second-order valence-corrected chi connectivity index (χ2v) is 14.3. The summed E-state index contributed by atoms with van der Waals surface area (Å²) in [5.74, 6) is 0. The van der Waals surface area contributed by atoms with Crippen molar-refractivity contribution in [3.8, 4) is 0 Å². The molecular weight excluding hydrogens is 457 g/mol. The highest BCUT2D eigenvalue weighted by Gasteiger charge is 2.46. The first-order chi connectivity index (χ1) is 9.72. The monoisotopic (exact) mass is 479 g/mol. The Bertz CT molecular complexity index is 630.